The normalized spacial score (nSPS) is 22.0. The van der Waals surface area contributed by atoms with Crippen LogP contribution in [0.2, 0.25) is 0 Å². The summed E-state index contributed by atoms with van der Waals surface area (Å²) in [6.07, 6.45) is 0. The van der Waals surface area contributed by atoms with E-state index in [-0.39, 0.29) is 18.3 Å². The molecule has 23 heavy (non-hydrogen) atoms. The van der Waals surface area contributed by atoms with Gasteiger partial charge in [0.25, 0.3) is 11.8 Å². The van der Waals surface area contributed by atoms with E-state index in [0.29, 0.717) is 5.56 Å². The van der Waals surface area contributed by atoms with E-state index < -0.39 is 31.0 Å². The maximum absolute atomic E-state index is 13.0. The van der Waals surface area contributed by atoms with Crippen LogP contribution < -0.4 is 0 Å². The van der Waals surface area contributed by atoms with Crippen molar-refractivity contribution in [3.63, 3.8) is 0 Å². The molecular formula is C15H20NO6P. The van der Waals surface area contributed by atoms with Gasteiger partial charge in [0.05, 0.1) is 19.1 Å². The Morgan fingerprint density at radius 3 is 2.09 bits per heavy atom. The molecule has 2 amide bonds. The number of amides is 2. The fraction of sp³-hybridized carbons (Fsp3) is 0.467. The van der Waals surface area contributed by atoms with Gasteiger partial charge in [-0.2, -0.15) is 5.06 Å². The van der Waals surface area contributed by atoms with Crippen LogP contribution in [-0.4, -0.2) is 41.0 Å². The minimum absolute atomic E-state index is 0.0138. The molecule has 1 aliphatic rings. The van der Waals surface area contributed by atoms with Gasteiger partial charge in [-0.05, 0) is 26.3 Å². The number of rotatable bonds is 6. The molecule has 1 N–H and O–H groups in total. The van der Waals surface area contributed by atoms with Crippen molar-refractivity contribution in [2.24, 2.45) is 0 Å². The van der Waals surface area contributed by atoms with E-state index in [4.69, 9.17) is 9.05 Å². The van der Waals surface area contributed by atoms with E-state index in [1.165, 1.54) is 0 Å². The predicted octanol–water partition coefficient (Wildman–Crippen LogP) is 2.47. The summed E-state index contributed by atoms with van der Waals surface area (Å²) in [5, 5.41) is 9.74. The summed E-state index contributed by atoms with van der Waals surface area (Å²) in [5.74, 6) is -2.90. The van der Waals surface area contributed by atoms with E-state index in [1.54, 1.807) is 38.1 Å². The fourth-order valence-corrected chi connectivity index (χ4v) is 4.78. The fourth-order valence-electron chi connectivity index (χ4n) is 2.62. The second-order valence-corrected chi connectivity index (χ2v) is 7.35. The van der Waals surface area contributed by atoms with Crippen LogP contribution in [0.15, 0.2) is 24.3 Å². The van der Waals surface area contributed by atoms with Crippen molar-refractivity contribution >= 4 is 19.4 Å². The molecule has 1 saturated heterocycles. The molecule has 1 unspecified atom stereocenters. The lowest BCUT2D eigenvalue weighted by Crippen LogP contribution is -2.29. The number of aryl methyl sites for hydroxylation is 1. The molecule has 0 aromatic heterocycles. The van der Waals surface area contributed by atoms with Crippen molar-refractivity contribution in [3.8, 4) is 0 Å². The molecule has 7 nitrogen and oxygen atoms in total. The summed E-state index contributed by atoms with van der Waals surface area (Å²) >= 11 is 0. The second-order valence-electron chi connectivity index (χ2n) is 5.20. The predicted molar refractivity (Wildman–Crippen MR) is 82.2 cm³/mol. The Morgan fingerprint density at radius 1 is 1.09 bits per heavy atom. The van der Waals surface area contributed by atoms with Gasteiger partial charge in [-0.25, -0.2) is 0 Å². The molecule has 1 heterocycles. The Bertz CT molecular complexity index is 634. The van der Waals surface area contributed by atoms with E-state index in [0.717, 1.165) is 5.56 Å². The van der Waals surface area contributed by atoms with E-state index in [1.807, 2.05) is 6.92 Å². The van der Waals surface area contributed by atoms with Gasteiger partial charge in [0.15, 0.2) is 5.66 Å². The van der Waals surface area contributed by atoms with E-state index in [9.17, 15) is 19.4 Å². The molecule has 1 aromatic rings. The SMILES string of the molecule is CCOP(=O)(OCC)[C@H]1C(=O)N(O)C(=O)C1c1ccc(C)cc1. The first-order valence-corrected chi connectivity index (χ1v) is 8.99. The smallest absolute Gasteiger partial charge is 0.308 e. The molecule has 0 bridgehead atoms. The first kappa shape index (κ1) is 17.8. The molecule has 1 fully saturated rings. The monoisotopic (exact) mass is 341 g/mol. The molecule has 126 valence electrons. The summed E-state index contributed by atoms with van der Waals surface area (Å²) in [7, 11) is -3.90. The van der Waals surface area contributed by atoms with E-state index in [2.05, 4.69) is 0 Å². The average molecular weight is 341 g/mol. The molecular weight excluding hydrogens is 321 g/mol. The number of carbonyl (C=O) groups excluding carboxylic acids is 2. The Kier molecular flexibility index (Phi) is 5.37. The van der Waals surface area contributed by atoms with Crippen LogP contribution in [0.25, 0.3) is 0 Å². The Morgan fingerprint density at radius 2 is 1.61 bits per heavy atom. The van der Waals surface area contributed by atoms with Gasteiger partial charge in [-0.1, -0.05) is 29.8 Å². The molecule has 0 aliphatic carbocycles. The summed E-state index contributed by atoms with van der Waals surface area (Å²) in [6.45, 7) is 5.23. The number of benzene rings is 1. The summed E-state index contributed by atoms with van der Waals surface area (Å²) in [4.78, 5) is 24.6. The van der Waals surface area contributed by atoms with Crippen molar-refractivity contribution in [2.75, 3.05) is 13.2 Å². The Labute approximate surface area is 134 Å². The largest absolute Gasteiger partial charge is 0.344 e. The number of carbonyl (C=O) groups is 2. The summed E-state index contributed by atoms with van der Waals surface area (Å²) in [5.41, 5.74) is 0.0680. The Balaban J connectivity index is 2.52. The van der Waals surface area contributed by atoms with Crippen molar-refractivity contribution in [3.05, 3.63) is 35.4 Å². The van der Waals surface area contributed by atoms with E-state index >= 15 is 0 Å². The second kappa shape index (κ2) is 6.93. The highest BCUT2D eigenvalue weighted by atomic mass is 31.2. The van der Waals surface area contributed by atoms with Gasteiger partial charge in [-0.15, -0.1) is 0 Å². The molecule has 2 rings (SSSR count). The zero-order valence-electron chi connectivity index (χ0n) is 13.3. The zero-order chi connectivity index (χ0) is 17.2. The van der Waals surface area contributed by atoms with Crippen molar-refractivity contribution in [2.45, 2.75) is 32.3 Å². The molecule has 0 spiro atoms. The van der Waals surface area contributed by atoms with Gasteiger partial charge in [0.2, 0.25) is 0 Å². The molecule has 8 heteroatoms. The van der Waals surface area contributed by atoms with Crippen molar-refractivity contribution < 1.29 is 28.4 Å². The molecule has 0 radical (unpaired) electrons. The number of hydroxylamine groups is 2. The topological polar surface area (TPSA) is 93.1 Å². The zero-order valence-corrected chi connectivity index (χ0v) is 14.2. The number of hydrogen-bond acceptors (Lipinski definition) is 6. The van der Waals surface area contributed by atoms with Gasteiger partial charge in [-0.3, -0.25) is 19.4 Å². The van der Waals surface area contributed by atoms with Crippen LogP contribution in [0.5, 0.6) is 0 Å². The Hall–Kier alpha value is -1.53. The van der Waals surface area contributed by atoms with Gasteiger partial charge < -0.3 is 9.05 Å². The van der Waals surface area contributed by atoms with Gasteiger partial charge >= 0.3 is 7.60 Å². The quantitative estimate of drug-likeness (QED) is 0.485. The molecule has 1 aliphatic heterocycles. The maximum atomic E-state index is 13.0. The van der Waals surface area contributed by atoms with Crippen LogP contribution in [0.1, 0.15) is 30.9 Å². The lowest BCUT2D eigenvalue weighted by atomic mass is 9.96. The maximum Gasteiger partial charge on any atom is 0.344 e. The number of nitrogens with zero attached hydrogens (tertiary/aromatic N) is 1. The number of hydrogen-bond donors (Lipinski definition) is 1. The lowest BCUT2D eigenvalue weighted by molar-refractivity contribution is -0.171. The summed E-state index contributed by atoms with van der Waals surface area (Å²) < 4.78 is 23.5. The first-order valence-electron chi connectivity index (χ1n) is 7.37. The van der Waals surface area contributed by atoms with Crippen LogP contribution in [-0.2, 0) is 23.2 Å². The van der Waals surface area contributed by atoms with Crippen LogP contribution in [0, 0.1) is 6.92 Å². The highest BCUT2D eigenvalue weighted by Gasteiger charge is 2.58. The molecule has 2 atom stereocenters. The van der Waals surface area contributed by atoms with Crippen LogP contribution in [0.4, 0.5) is 0 Å². The highest BCUT2D eigenvalue weighted by molar-refractivity contribution is 7.56. The average Bonchev–Trinajstić information content (AvgIpc) is 2.73. The first-order chi connectivity index (χ1) is 10.9. The summed E-state index contributed by atoms with van der Waals surface area (Å²) in [6, 6.07) is 6.88. The van der Waals surface area contributed by atoms with Crippen molar-refractivity contribution in [1.82, 2.24) is 5.06 Å². The minimum Gasteiger partial charge on any atom is -0.308 e. The lowest BCUT2D eigenvalue weighted by Gasteiger charge is -2.24. The highest BCUT2D eigenvalue weighted by Crippen LogP contribution is 2.60. The third-order valence-corrected chi connectivity index (χ3v) is 6.08. The van der Waals surface area contributed by atoms with Crippen molar-refractivity contribution in [1.29, 1.82) is 0 Å². The van der Waals surface area contributed by atoms with Crippen LogP contribution in [0.3, 0.4) is 0 Å². The molecule has 0 saturated carbocycles. The third-order valence-electron chi connectivity index (χ3n) is 3.65. The minimum atomic E-state index is -3.90. The third kappa shape index (κ3) is 3.23. The van der Waals surface area contributed by atoms with Crippen LogP contribution >= 0.6 is 7.60 Å². The number of imide groups is 1. The molecule has 1 aromatic carbocycles. The standard InChI is InChI=1S/C15H20NO6P/c1-4-21-23(20,22-5-2)13-12(14(17)16(19)15(13)18)11-8-6-10(3)7-9-11/h6-9,12-13,19H,4-5H2,1-3H3/t12?,13-/m1/s1. The van der Waals surface area contributed by atoms with Gasteiger partial charge in [0.1, 0.15) is 0 Å². The van der Waals surface area contributed by atoms with Gasteiger partial charge in [0, 0.05) is 0 Å².